The number of nitrogens with one attached hydrogen (secondary N) is 2. The Labute approximate surface area is 177 Å². The van der Waals surface area contributed by atoms with Gasteiger partial charge in [-0.1, -0.05) is 62.0 Å². The second-order valence-corrected chi connectivity index (χ2v) is 6.93. The van der Waals surface area contributed by atoms with E-state index >= 15 is 0 Å². The minimum Gasteiger partial charge on any atom is -0.466 e. The summed E-state index contributed by atoms with van der Waals surface area (Å²) in [7, 11) is 1.67. The number of esters is 1. The summed E-state index contributed by atoms with van der Waals surface area (Å²) in [6.07, 6.45) is 7.31. The minimum atomic E-state index is -0.205. The number of H-pyrrole nitrogens is 1. The lowest BCUT2D eigenvalue weighted by molar-refractivity contribution is -0.141. The maximum absolute atomic E-state index is 11.3. The number of fused-ring (bicyclic) bond motifs is 1. The van der Waals surface area contributed by atoms with Gasteiger partial charge in [0.2, 0.25) is 0 Å². The Hall–Kier alpha value is -1.83. The predicted molar refractivity (Wildman–Crippen MR) is 119 cm³/mol. The van der Waals surface area contributed by atoms with Crippen LogP contribution in [0.5, 0.6) is 0 Å². The normalized spacial score (nSPS) is 12.1. The van der Waals surface area contributed by atoms with Crippen LogP contribution in [0.15, 0.2) is 6.58 Å². The lowest BCUT2D eigenvalue weighted by Crippen LogP contribution is -2.40. The van der Waals surface area contributed by atoms with Crippen LogP contribution in [0.2, 0.25) is 0 Å². The zero-order valence-corrected chi connectivity index (χ0v) is 19.4. The number of imidazole rings is 1. The average molecular weight is 459 g/mol. The monoisotopic (exact) mass is 458 g/mol. The number of carbonyl (C=O) groups excluding carboxylic acids is 2. The lowest BCUT2D eigenvalue weighted by Gasteiger charge is -2.23. The van der Waals surface area contributed by atoms with Crippen molar-refractivity contribution in [1.29, 1.82) is 0 Å². The van der Waals surface area contributed by atoms with Crippen molar-refractivity contribution in [2.45, 2.75) is 66.2 Å². The van der Waals surface area contributed by atoms with Crippen molar-refractivity contribution in [2.24, 2.45) is 0 Å². The Morgan fingerprint density at radius 2 is 1.75 bits per heavy atom. The van der Waals surface area contributed by atoms with E-state index in [1.54, 1.807) is 7.05 Å². The molecule has 1 aromatic heterocycles. The van der Waals surface area contributed by atoms with Gasteiger partial charge in [-0.05, 0) is 19.8 Å². The first kappa shape index (κ1) is 26.2. The Balaban J connectivity index is 0.000000478. The van der Waals surface area contributed by atoms with Gasteiger partial charge in [0.25, 0.3) is 0 Å². The number of carbonyl (C=O) groups is 2. The molecule has 0 atom stereocenters. The van der Waals surface area contributed by atoms with Crippen LogP contribution in [0.3, 0.4) is 0 Å². The van der Waals surface area contributed by atoms with Gasteiger partial charge in [0.1, 0.15) is 11.5 Å². The maximum Gasteiger partial charge on any atom is 0.327 e. The molecule has 2 heterocycles. The predicted octanol–water partition coefficient (Wildman–Crippen LogP) is 5.16. The van der Waals surface area contributed by atoms with E-state index in [2.05, 4.69) is 37.8 Å². The summed E-state index contributed by atoms with van der Waals surface area (Å²) in [5.74, 6) is 1.24. The van der Waals surface area contributed by atoms with Crippen molar-refractivity contribution < 1.29 is 14.3 Å². The first-order valence-corrected chi connectivity index (χ1v) is 11.0. The summed E-state index contributed by atoms with van der Waals surface area (Å²) in [5, 5.41) is 3.73. The molecule has 0 unspecified atom stereocenters. The van der Waals surface area contributed by atoms with Gasteiger partial charge >= 0.3 is 12.0 Å². The molecule has 0 fully saturated rings. The summed E-state index contributed by atoms with van der Waals surface area (Å²) >= 11 is 3.40. The van der Waals surface area contributed by atoms with E-state index in [1.165, 1.54) is 43.9 Å². The summed E-state index contributed by atoms with van der Waals surface area (Å²) in [6.45, 7) is 11.6. The van der Waals surface area contributed by atoms with Gasteiger partial charge in [0, 0.05) is 19.3 Å². The molecule has 0 saturated carbocycles. The van der Waals surface area contributed by atoms with E-state index in [1.807, 2.05) is 20.8 Å². The number of aryl methyl sites for hydroxylation is 1. The second-order valence-electron chi connectivity index (χ2n) is 6.14. The van der Waals surface area contributed by atoms with Gasteiger partial charge < -0.3 is 15.0 Å². The topological polar surface area (TPSA) is 87.3 Å². The van der Waals surface area contributed by atoms with Crippen molar-refractivity contribution in [2.75, 3.05) is 23.9 Å². The van der Waals surface area contributed by atoms with Gasteiger partial charge in [-0.25, -0.2) is 9.78 Å². The van der Waals surface area contributed by atoms with E-state index in [9.17, 15) is 9.59 Å². The van der Waals surface area contributed by atoms with Gasteiger partial charge in [-0.3, -0.25) is 9.69 Å². The van der Waals surface area contributed by atoms with Crippen LogP contribution in [0, 0.1) is 6.92 Å². The van der Waals surface area contributed by atoms with Gasteiger partial charge in [-0.15, -0.1) is 0 Å². The van der Waals surface area contributed by atoms with Crippen LogP contribution >= 0.6 is 15.9 Å². The van der Waals surface area contributed by atoms with Crippen LogP contribution in [-0.4, -0.2) is 41.0 Å². The van der Waals surface area contributed by atoms with Crippen LogP contribution in [0.4, 0.5) is 10.6 Å². The van der Waals surface area contributed by atoms with Crippen molar-refractivity contribution in [3.05, 3.63) is 18.1 Å². The van der Waals surface area contributed by atoms with Crippen LogP contribution in [0.1, 0.15) is 70.8 Å². The molecule has 1 aliphatic rings. The Bertz CT molecular complexity index is 617. The minimum absolute atomic E-state index is 0.167. The standard InChI is InChI=1S/C10H19BrO2.C8H10N4O.C2H6/c1-10(12)13-9-7-5-3-2-4-6-8-11;1-4-6-7(11-5(2)10-6)12(3)8(13)9-4;1-2/h2-9H2,1H3;1H2,2-3H3,(H,9,13)(H,10,11);1-2H3. The lowest BCUT2D eigenvalue weighted by atomic mass is 10.1. The number of aromatic amines is 1. The highest BCUT2D eigenvalue weighted by Gasteiger charge is 2.26. The molecule has 0 spiro atoms. The summed E-state index contributed by atoms with van der Waals surface area (Å²) < 4.78 is 4.82. The van der Waals surface area contributed by atoms with E-state index in [4.69, 9.17) is 4.74 Å². The van der Waals surface area contributed by atoms with Gasteiger partial charge in [0.05, 0.1) is 12.3 Å². The molecule has 1 aliphatic heterocycles. The first-order valence-electron chi connectivity index (χ1n) is 9.86. The molecule has 0 radical (unpaired) electrons. The number of rotatable bonds is 8. The molecule has 0 bridgehead atoms. The smallest absolute Gasteiger partial charge is 0.327 e. The molecule has 1 aromatic rings. The Morgan fingerprint density at radius 1 is 1.18 bits per heavy atom. The van der Waals surface area contributed by atoms with Gasteiger partial charge in [0.15, 0.2) is 5.82 Å². The average Bonchev–Trinajstić information content (AvgIpc) is 3.06. The largest absolute Gasteiger partial charge is 0.466 e. The summed E-state index contributed by atoms with van der Waals surface area (Å²) in [4.78, 5) is 30.3. The van der Waals surface area contributed by atoms with Gasteiger partial charge in [-0.2, -0.15) is 0 Å². The number of urea groups is 1. The molecule has 0 aromatic carbocycles. The highest BCUT2D eigenvalue weighted by atomic mass is 79.9. The number of amides is 2. The van der Waals surface area contributed by atoms with E-state index in [-0.39, 0.29) is 12.0 Å². The molecular weight excluding hydrogens is 424 g/mol. The molecule has 2 rings (SSSR count). The van der Waals surface area contributed by atoms with Crippen LogP contribution in [0.25, 0.3) is 5.70 Å². The Morgan fingerprint density at radius 3 is 2.32 bits per heavy atom. The third-order valence-electron chi connectivity index (χ3n) is 3.82. The zero-order valence-electron chi connectivity index (χ0n) is 17.9. The third-order valence-corrected chi connectivity index (χ3v) is 4.38. The second kappa shape index (κ2) is 15.1. The number of nitrogens with zero attached hydrogens (tertiary/aromatic N) is 2. The number of alkyl halides is 1. The van der Waals surface area contributed by atoms with Crippen molar-refractivity contribution in [3.8, 4) is 0 Å². The Kier molecular flexibility index (Phi) is 14.1. The van der Waals surface area contributed by atoms with Crippen molar-refractivity contribution in [3.63, 3.8) is 0 Å². The summed E-state index contributed by atoms with van der Waals surface area (Å²) in [6, 6.07) is -0.205. The molecule has 160 valence electrons. The quantitative estimate of drug-likeness (QED) is 0.319. The molecule has 7 nitrogen and oxygen atoms in total. The van der Waals surface area contributed by atoms with Crippen LogP contribution < -0.4 is 10.2 Å². The molecule has 0 aliphatic carbocycles. The number of hydrogen-bond acceptors (Lipinski definition) is 4. The number of aromatic nitrogens is 2. The fourth-order valence-corrected chi connectivity index (χ4v) is 2.82. The van der Waals surface area contributed by atoms with Crippen molar-refractivity contribution in [1.82, 2.24) is 15.3 Å². The molecular formula is C20H35BrN4O3. The van der Waals surface area contributed by atoms with E-state index < -0.39 is 0 Å². The molecule has 2 amide bonds. The number of hydrogen-bond donors (Lipinski definition) is 2. The van der Waals surface area contributed by atoms with Crippen molar-refractivity contribution >= 4 is 39.4 Å². The first-order chi connectivity index (χ1) is 13.4. The third kappa shape index (κ3) is 9.92. The molecule has 0 saturated heterocycles. The number of halogens is 1. The fraction of sp³-hybridized carbons (Fsp3) is 0.650. The molecule has 2 N–H and O–H groups in total. The number of unbranched alkanes of at least 4 members (excludes halogenated alkanes) is 5. The highest BCUT2D eigenvalue weighted by Crippen LogP contribution is 2.25. The van der Waals surface area contributed by atoms with Crippen LogP contribution in [-0.2, 0) is 9.53 Å². The summed E-state index contributed by atoms with van der Waals surface area (Å²) in [5.41, 5.74) is 1.35. The fourth-order valence-electron chi connectivity index (χ4n) is 2.42. The number of ether oxygens (including phenoxy) is 1. The maximum atomic E-state index is 11.3. The number of anilines is 1. The highest BCUT2D eigenvalue weighted by molar-refractivity contribution is 9.09. The molecule has 28 heavy (non-hydrogen) atoms. The SMILES string of the molecule is C=C1NC(=O)N(C)c2nc(C)[nH]c21.CC.CC(=O)OCCCCCCCCBr. The van der Waals surface area contributed by atoms with E-state index in [0.29, 0.717) is 18.1 Å². The molecule has 8 heteroatoms. The zero-order chi connectivity index (χ0) is 21.5. The van der Waals surface area contributed by atoms with E-state index in [0.717, 1.165) is 23.3 Å².